The molecule has 0 unspecified atom stereocenters. The van der Waals surface area contributed by atoms with Crippen LogP contribution in [0.25, 0.3) is 6.08 Å². The molecule has 0 saturated heterocycles. The fourth-order valence-electron chi connectivity index (χ4n) is 3.10. The summed E-state index contributed by atoms with van der Waals surface area (Å²) in [7, 11) is 0. The van der Waals surface area contributed by atoms with Crippen molar-refractivity contribution in [3.05, 3.63) is 101 Å². The predicted octanol–water partition coefficient (Wildman–Crippen LogP) is 2.39. The fraction of sp³-hybridized carbons (Fsp3) is 0.310. The van der Waals surface area contributed by atoms with E-state index in [1.165, 1.54) is 6.92 Å². The number of aliphatic hydroxyl groups is 3. The molecule has 1 aromatic heterocycles. The maximum atomic E-state index is 12.8. The van der Waals surface area contributed by atoms with Crippen LogP contribution in [0, 0.1) is 6.92 Å². The lowest BCUT2D eigenvalue weighted by Crippen LogP contribution is -2.50. The van der Waals surface area contributed by atoms with Crippen LogP contribution in [-0.2, 0) is 22.7 Å². The van der Waals surface area contributed by atoms with Gasteiger partial charge in [-0.3, -0.25) is 4.79 Å². The van der Waals surface area contributed by atoms with Gasteiger partial charge in [-0.1, -0.05) is 66.2 Å². The smallest absolute Gasteiger partial charge is 0.332 e. The minimum atomic E-state index is -1.21. The van der Waals surface area contributed by atoms with E-state index in [2.05, 4.69) is 0 Å². The molecule has 0 saturated carbocycles. The summed E-state index contributed by atoms with van der Waals surface area (Å²) in [6.45, 7) is 3.14. The number of hydrogen-bond acceptors (Lipinski definition) is 7. The van der Waals surface area contributed by atoms with E-state index >= 15 is 0 Å². The van der Waals surface area contributed by atoms with Crippen LogP contribution in [0.4, 0.5) is 0 Å². The van der Waals surface area contributed by atoms with Gasteiger partial charge in [0.25, 0.3) is 0 Å². The maximum absolute atomic E-state index is 12.8. The van der Waals surface area contributed by atoms with Crippen LogP contribution in [0.1, 0.15) is 39.7 Å². The number of ether oxygens (including phenoxy) is 1. The van der Waals surface area contributed by atoms with Crippen LogP contribution in [0.3, 0.4) is 0 Å². The minimum Gasteiger partial charge on any atom is -0.479 e. The summed E-state index contributed by atoms with van der Waals surface area (Å²) in [4.78, 5) is 23.6. The summed E-state index contributed by atoms with van der Waals surface area (Å²) in [5, 5.41) is 33.9. The second-order valence-corrected chi connectivity index (χ2v) is 9.01. The number of ketones is 1. The van der Waals surface area contributed by atoms with Gasteiger partial charge >= 0.3 is 5.97 Å². The number of benzene rings is 2. The van der Waals surface area contributed by atoms with Gasteiger partial charge in [-0.25, -0.2) is 4.79 Å². The van der Waals surface area contributed by atoms with E-state index in [0.717, 1.165) is 16.7 Å². The number of carboxylic acid groups (broad SMARTS) is 1. The summed E-state index contributed by atoms with van der Waals surface area (Å²) in [6.07, 6.45) is 5.06. The van der Waals surface area contributed by atoms with Crippen LogP contribution in [0.5, 0.6) is 0 Å². The van der Waals surface area contributed by atoms with Crippen LogP contribution in [0.15, 0.2) is 72.9 Å². The molecule has 1 heterocycles. The van der Waals surface area contributed by atoms with Crippen molar-refractivity contribution < 1.29 is 34.8 Å². The zero-order valence-corrected chi connectivity index (χ0v) is 21.7. The Bertz CT molecular complexity index is 1170. The average Bonchev–Trinajstić information content (AvgIpc) is 3.40. The third-order valence-corrected chi connectivity index (χ3v) is 5.76. The first kappa shape index (κ1) is 30.6. The molecule has 1 atom stereocenters. The van der Waals surface area contributed by atoms with Crippen molar-refractivity contribution in [1.29, 1.82) is 0 Å². The number of aryl methyl sites for hydroxylation is 1. The van der Waals surface area contributed by atoms with Crippen LogP contribution < -0.4 is 5.73 Å². The molecule has 0 aliphatic heterocycles. The van der Waals surface area contributed by atoms with Crippen molar-refractivity contribution in [2.45, 2.75) is 38.6 Å². The first-order valence-electron chi connectivity index (χ1n) is 12.1. The van der Waals surface area contributed by atoms with Gasteiger partial charge in [-0.2, -0.15) is 0 Å². The summed E-state index contributed by atoms with van der Waals surface area (Å²) < 4.78 is 7.21. The second kappa shape index (κ2) is 15.0. The molecule has 0 spiro atoms. The van der Waals surface area contributed by atoms with Crippen LogP contribution in [0.2, 0.25) is 0 Å². The number of aliphatic hydroxyl groups excluding tert-OH is 3. The molecule has 0 aliphatic carbocycles. The molecule has 204 valence electrons. The third kappa shape index (κ3) is 9.37. The monoisotopic (exact) mass is 524 g/mol. The second-order valence-electron chi connectivity index (χ2n) is 9.01. The molecule has 38 heavy (non-hydrogen) atoms. The maximum Gasteiger partial charge on any atom is 0.332 e. The van der Waals surface area contributed by atoms with Crippen molar-refractivity contribution in [3.63, 3.8) is 0 Å². The SMILES string of the molecule is Cc1ccc(C(=O)c2cccn2CC=Cc2ccc(CO[C@@H](C)C(=O)O)cc2)cc1.NC(CO)(CO)CO. The summed E-state index contributed by atoms with van der Waals surface area (Å²) >= 11 is 0. The Morgan fingerprint density at radius 2 is 1.61 bits per heavy atom. The van der Waals surface area contributed by atoms with Crippen molar-refractivity contribution in [3.8, 4) is 0 Å². The third-order valence-electron chi connectivity index (χ3n) is 5.76. The molecule has 0 aliphatic rings. The van der Waals surface area contributed by atoms with Gasteiger partial charge in [-0.15, -0.1) is 0 Å². The number of rotatable bonds is 12. The first-order chi connectivity index (χ1) is 18.1. The molecule has 9 nitrogen and oxygen atoms in total. The van der Waals surface area contributed by atoms with E-state index < -0.39 is 37.4 Å². The number of carboxylic acids is 1. The van der Waals surface area contributed by atoms with Gasteiger partial charge in [0.05, 0.1) is 37.7 Å². The van der Waals surface area contributed by atoms with Gasteiger partial charge in [0, 0.05) is 18.3 Å². The van der Waals surface area contributed by atoms with Gasteiger partial charge < -0.3 is 35.5 Å². The molecule has 3 aromatic rings. The Kier molecular flexibility index (Phi) is 12.1. The predicted molar refractivity (Wildman–Crippen MR) is 145 cm³/mol. The number of nitrogens with zero attached hydrogens (tertiary/aromatic N) is 1. The number of allylic oxidation sites excluding steroid dienone is 1. The Morgan fingerprint density at radius 3 is 2.13 bits per heavy atom. The number of aliphatic carboxylic acids is 1. The van der Waals surface area contributed by atoms with Gasteiger partial charge in [-0.05, 0) is 37.1 Å². The fourth-order valence-corrected chi connectivity index (χ4v) is 3.10. The molecule has 0 radical (unpaired) electrons. The van der Waals surface area contributed by atoms with Crippen LogP contribution in [-0.4, -0.2) is 68.2 Å². The molecule has 0 fully saturated rings. The number of hydrogen-bond donors (Lipinski definition) is 5. The van der Waals surface area contributed by atoms with E-state index in [1.807, 2.05) is 90.5 Å². The number of carbonyl (C=O) groups is 2. The molecule has 6 N–H and O–H groups in total. The number of aromatic nitrogens is 1. The quantitative estimate of drug-likeness (QED) is 0.226. The highest BCUT2D eigenvalue weighted by Gasteiger charge is 2.20. The van der Waals surface area contributed by atoms with Crippen LogP contribution >= 0.6 is 0 Å². The lowest BCUT2D eigenvalue weighted by atomic mass is 10.1. The van der Waals surface area contributed by atoms with E-state index in [9.17, 15) is 9.59 Å². The van der Waals surface area contributed by atoms with E-state index in [-0.39, 0.29) is 12.4 Å². The van der Waals surface area contributed by atoms with Gasteiger partial charge in [0.1, 0.15) is 0 Å². The van der Waals surface area contributed by atoms with Crippen molar-refractivity contribution in [1.82, 2.24) is 4.57 Å². The Labute approximate surface area is 222 Å². The molecule has 0 amide bonds. The Morgan fingerprint density at radius 1 is 1.00 bits per heavy atom. The topological polar surface area (TPSA) is 155 Å². The Hall–Kier alpha value is -3.60. The molecular formula is C29H36N2O7. The minimum absolute atomic E-state index is 0.00772. The largest absolute Gasteiger partial charge is 0.479 e. The summed E-state index contributed by atoms with van der Waals surface area (Å²) in [5.74, 6) is -0.965. The summed E-state index contributed by atoms with van der Waals surface area (Å²) in [6, 6.07) is 19.0. The zero-order valence-electron chi connectivity index (χ0n) is 21.7. The molecular weight excluding hydrogens is 488 g/mol. The zero-order chi connectivity index (χ0) is 28.1. The highest BCUT2D eigenvalue weighted by Crippen LogP contribution is 2.13. The molecule has 2 aromatic carbocycles. The molecule has 3 rings (SSSR count). The van der Waals surface area contributed by atoms with Crippen molar-refractivity contribution in [2.24, 2.45) is 5.73 Å². The first-order valence-corrected chi connectivity index (χ1v) is 12.1. The average molecular weight is 525 g/mol. The Balaban J connectivity index is 0.000000550. The highest BCUT2D eigenvalue weighted by molar-refractivity contribution is 6.08. The number of nitrogens with two attached hydrogens (primary N) is 1. The lowest BCUT2D eigenvalue weighted by molar-refractivity contribution is -0.149. The lowest BCUT2D eigenvalue weighted by Gasteiger charge is -2.20. The molecule has 0 bridgehead atoms. The molecule has 9 heteroatoms. The standard InChI is InChI=1S/C25H25NO4.C4H11NO3/c1-18-7-13-22(14-8-18)24(27)23-6-4-16-26(23)15-3-5-20-9-11-21(12-10-20)17-30-19(2)25(28)29;5-4(1-6,2-7)3-8/h3-14,16,19H,15,17H2,1-2H3,(H,28,29);6-8H,1-3,5H2/t19-;/m0./s1. The van der Waals surface area contributed by atoms with Gasteiger partial charge in [0.2, 0.25) is 5.78 Å². The van der Waals surface area contributed by atoms with Crippen molar-refractivity contribution in [2.75, 3.05) is 19.8 Å². The van der Waals surface area contributed by atoms with E-state index in [4.69, 9.17) is 30.9 Å². The van der Waals surface area contributed by atoms with Gasteiger partial charge in [0.15, 0.2) is 6.10 Å². The normalized spacial score (nSPS) is 12.2. The highest BCUT2D eigenvalue weighted by atomic mass is 16.5. The summed E-state index contributed by atoms with van der Waals surface area (Å²) in [5.41, 5.74) is 8.33. The number of carbonyl (C=O) groups excluding carboxylic acids is 1. The van der Waals surface area contributed by atoms with E-state index in [0.29, 0.717) is 17.8 Å². The van der Waals surface area contributed by atoms with E-state index in [1.54, 1.807) is 0 Å². The van der Waals surface area contributed by atoms with Crippen molar-refractivity contribution >= 4 is 17.8 Å².